The number of hydrogen-bond donors (Lipinski definition) is 1. The van der Waals surface area contributed by atoms with Crippen LogP contribution in [0.1, 0.15) is 48.8 Å². The van der Waals surface area contributed by atoms with Crippen LogP contribution < -0.4 is 0 Å². The molecule has 3 rings (SSSR count). The Labute approximate surface area is 147 Å². The van der Waals surface area contributed by atoms with Gasteiger partial charge in [-0.15, -0.1) is 12.4 Å². The predicted molar refractivity (Wildman–Crippen MR) is 90.7 cm³/mol. The molecule has 0 heterocycles. The second kappa shape index (κ2) is 6.50. The van der Waals surface area contributed by atoms with Crippen LogP contribution in [0.2, 0.25) is 0 Å². The van der Waals surface area contributed by atoms with Gasteiger partial charge in [-0.1, -0.05) is 25.3 Å². The molecule has 0 saturated heterocycles. The Morgan fingerprint density at radius 2 is 1.75 bits per heavy atom. The summed E-state index contributed by atoms with van der Waals surface area (Å²) in [6.07, 6.45) is 0.795. The molecule has 6 heteroatoms. The van der Waals surface area contributed by atoms with E-state index in [1.807, 2.05) is 19.0 Å². The topological polar surface area (TPSA) is 23.5 Å². The second-order valence-electron chi connectivity index (χ2n) is 7.46. The number of likely N-dealkylation sites (N-methyl/N-ethyl adjacent to an activating group) is 1. The normalized spacial score (nSPS) is 25.6. The van der Waals surface area contributed by atoms with E-state index in [0.717, 1.165) is 49.3 Å². The number of hydrogen-bond acceptors (Lipinski definition) is 2. The van der Waals surface area contributed by atoms with Crippen LogP contribution in [0.15, 0.2) is 18.2 Å². The van der Waals surface area contributed by atoms with Crippen molar-refractivity contribution in [1.29, 1.82) is 0 Å². The van der Waals surface area contributed by atoms with E-state index in [0.29, 0.717) is 13.0 Å². The molecule has 2 aliphatic rings. The van der Waals surface area contributed by atoms with Crippen molar-refractivity contribution in [1.82, 2.24) is 4.90 Å². The average Bonchev–Trinajstić information content (AvgIpc) is 2.43. The molecule has 136 valence electrons. The molecule has 2 nitrogen and oxygen atoms in total. The van der Waals surface area contributed by atoms with Gasteiger partial charge < -0.3 is 10.0 Å². The first-order valence-electron chi connectivity index (χ1n) is 8.26. The van der Waals surface area contributed by atoms with Crippen LogP contribution in [0.25, 0.3) is 0 Å². The smallest absolute Gasteiger partial charge is 0.389 e. The van der Waals surface area contributed by atoms with Crippen LogP contribution in [0.3, 0.4) is 0 Å². The van der Waals surface area contributed by atoms with Crippen LogP contribution >= 0.6 is 12.4 Å². The molecule has 1 N–H and O–H groups in total. The Hall–Kier alpha value is -0.780. The van der Waals surface area contributed by atoms with Gasteiger partial charge in [0.1, 0.15) is 0 Å². The predicted octanol–water partition coefficient (Wildman–Crippen LogP) is 4.18. The molecular weight excluding hydrogens is 339 g/mol. The number of rotatable bonds is 3. The lowest BCUT2D eigenvalue weighted by molar-refractivity contribution is -0.137. The number of nitrogens with zero attached hydrogens (tertiary/aromatic N) is 1. The van der Waals surface area contributed by atoms with Crippen LogP contribution in [0.4, 0.5) is 13.2 Å². The molecular formula is C18H25ClF3NO. The van der Waals surface area contributed by atoms with Crippen molar-refractivity contribution in [2.24, 2.45) is 0 Å². The zero-order chi connectivity index (χ0) is 16.9. The van der Waals surface area contributed by atoms with Crippen LogP contribution in [-0.2, 0) is 18.0 Å². The molecule has 0 aromatic heterocycles. The van der Waals surface area contributed by atoms with Gasteiger partial charge in [0.05, 0.1) is 11.2 Å². The van der Waals surface area contributed by atoms with Crippen LogP contribution in [-0.4, -0.2) is 36.2 Å². The average molecular weight is 364 g/mol. The summed E-state index contributed by atoms with van der Waals surface area (Å²) in [5, 5.41) is 11.3. The minimum Gasteiger partial charge on any atom is -0.389 e. The summed E-state index contributed by atoms with van der Waals surface area (Å²) >= 11 is 0. The van der Waals surface area contributed by atoms with Crippen molar-refractivity contribution < 1.29 is 18.3 Å². The van der Waals surface area contributed by atoms with Gasteiger partial charge in [-0.2, -0.15) is 13.2 Å². The van der Waals surface area contributed by atoms with E-state index in [4.69, 9.17) is 0 Å². The number of halogens is 4. The molecule has 0 bridgehead atoms. The van der Waals surface area contributed by atoms with Crippen molar-refractivity contribution in [3.63, 3.8) is 0 Å². The molecule has 1 aromatic rings. The minimum atomic E-state index is -4.31. The lowest BCUT2D eigenvalue weighted by Crippen LogP contribution is -2.63. The number of alkyl halides is 3. The van der Waals surface area contributed by atoms with E-state index in [9.17, 15) is 18.3 Å². The molecule has 1 fully saturated rings. The van der Waals surface area contributed by atoms with E-state index in [-0.39, 0.29) is 12.4 Å². The quantitative estimate of drug-likeness (QED) is 0.871. The zero-order valence-electron chi connectivity index (χ0n) is 14.1. The number of aliphatic hydroxyl groups is 1. The second-order valence-corrected chi connectivity index (χ2v) is 7.46. The molecule has 1 aromatic carbocycles. The lowest BCUT2D eigenvalue weighted by Gasteiger charge is -2.57. The molecule has 2 aliphatic carbocycles. The highest BCUT2D eigenvalue weighted by Gasteiger charge is 2.57. The van der Waals surface area contributed by atoms with Crippen molar-refractivity contribution >= 4 is 12.4 Å². The third-order valence-corrected chi connectivity index (χ3v) is 5.60. The lowest BCUT2D eigenvalue weighted by atomic mass is 9.52. The maximum atomic E-state index is 12.9. The van der Waals surface area contributed by atoms with Crippen LogP contribution in [0.5, 0.6) is 0 Å². The zero-order valence-corrected chi connectivity index (χ0v) is 14.9. The molecule has 1 unspecified atom stereocenters. The summed E-state index contributed by atoms with van der Waals surface area (Å²) in [5.74, 6) is 0. The van der Waals surface area contributed by atoms with Gasteiger partial charge in [0, 0.05) is 12.0 Å². The van der Waals surface area contributed by atoms with Crippen molar-refractivity contribution in [2.45, 2.75) is 55.7 Å². The fourth-order valence-corrected chi connectivity index (χ4v) is 4.56. The third kappa shape index (κ3) is 3.06. The number of fused-ring (bicyclic) bond motifs is 1. The summed E-state index contributed by atoms with van der Waals surface area (Å²) in [6.45, 7) is 0.669. The monoisotopic (exact) mass is 363 g/mol. The summed E-state index contributed by atoms with van der Waals surface area (Å²) in [6, 6.07) is 4.02. The largest absolute Gasteiger partial charge is 0.416 e. The van der Waals surface area contributed by atoms with Crippen molar-refractivity contribution in [3.05, 3.63) is 34.9 Å². The maximum Gasteiger partial charge on any atom is 0.416 e. The summed E-state index contributed by atoms with van der Waals surface area (Å²) < 4.78 is 38.7. The van der Waals surface area contributed by atoms with Crippen LogP contribution in [0, 0.1) is 0 Å². The van der Waals surface area contributed by atoms with Gasteiger partial charge in [0.25, 0.3) is 0 Å². The standard InChI is InChI=1S/C18H24F3NO.ClH/c1-22(2)12-16(17(23)8-4-3-5-9-17)11-13-10-14(18(19,20)21)6-7-15(13)16;/h6-7,10,23H,3-5,8-9,11-12H2,1-2H3;1H. The van der Waals surface area contributed by atoms with E-state index in [2.05, 4.69) is 0 Å². The molecule has 0 aliphatic heterocycles. The molecule has 24 heavy (non-hydrogen) atoms. The molecule has 0 amide bonds. The fourth-order valence-electron chi connectivity index (χ4n) is 4.56. The highest BCUT2D eigenvalue weighted by atomic mass is 35.5. The van der Waals surface area contributed by atoms with Gasteiger partial charge in [0.2, 0.25) is 0 Å². The van der Waals surface area contributed by atoms with Crippen molar-refractivity contribution in [2.75, 3.05) is 20.6 Å². The summed E-state index contributed by atoms with van der Waals surface area (Å²) in [4.78, 5) is 2.03. The Morgan fingerprint density at radius 3 is 2.25 bits per heavy atom. The Morgan fingerprint density at radius 1 is 1.12 bits per heavy atom. The van der Waals surface area contributed by atoms with Gasteiger partial charge in [-0.05, 0) is 56.6 Å². The first-order valence-corrected chi connectivity index (χ1v) is 8.26. The van der Waals surface area contributed by atoms with Gasteiger partial charge in [-0.3, -0.25) is 0 Å². The van der Waals surface area contributed by atoms with Crippen molar-refractivity contribution in [3.8, 4) is 0 Å². The SMILES string of the molecule is CN(C)CC1(C2(O)CCCCC2)Cc2cc(C(F)(F)F)ccc21.Cl. The Balaban J connectivity index is 0.00000208. The molecule has 0 spiro atoms. The number of benzene rings is 1. The first kappa shape index (κ1) is 19.5. The molecule has 1 saturated carbocycles. The highest BCUT2D eigenvalue weighted by molar-refractivity contribution is 5.85. The van der Waals surface area contributed by atoms with Gasteiger partial charge >= 0.3 is 6.18 Å². The first-order chi connectivity index (χ1) is 10.7. The third-order valence-electron chi connectivity index (χ3n) is 5.60. The molecule has 1 atom stereocenters. The van der Waals surface area contributed by atoms with E-state index < -0.39 is 22.8 Å². The van der Waals surface area contributed by atoms with E-state index in [1.165, 1.54) is 6.07 Å². The van der Waals surface area contributed by atoms with E-state index in [1.54, 1.807) is 6.07 Å². The molecule has 0 radical (unpaired) electrons. The van der Waals surface area contributed by atoms with Gasteiger partial charge in [-0.25, -0.2) is 0 Å². The minimum absolute atomic E-state index is 0. The Bertz CT molecular complexity index is 596. The highest BCUT2D eigenvalue weighted by Crippen LogP contribution is 2.54. The summed E-state index contributed by atoms with van der Waals surface area (Å²) in [7, 11) is 3.91. The Kier molecular flexibility index (Phi) is 5.30. The maximum absolute atomic E-state index is 12.9. The van der Waals surface area contributed by atoms with Gasteiger partial charge in [0.15, 0.2) is 0 Å². The van der Waals surface area contributed by atoms with E-state index >= 15 is 0 Å². The summed E-state index contributed by atoms with van der Waals surface area (Å²) in [5.41, 5.74) is -0.187. The fraction of sp³-hybridized carbons (Fsp3) is 0.667.